The molecule has 0 saturated heterocycles. The summed E-state index contributed by atoms with van der Waals surface area (Å²) in [5.41, 5.74) is 3.30. The maximum atomic E-state index is 14.6. The zero-order valence-corrected chi connectivity index (χ0v) is 41.0. The third kappa shape index (κ3) is 12.3. The van der Waals surface area contributed by atoms with E-state index in [1.54, 1.807) is 66.7 Å². The van der Waals surface area contributed by atoms with Crippen molar-refractivity contribution in [3.05, 3.63) is 142 Å². The van der Waals surface area contributed by atoms with Crippen molar-refractivity contribution in [2.75, 3.05) is 51.8 Å². The molecule has 2 amide bonds. The molecule has 72 heavy (non-hydrogen) atoms. The Bertz CT molecular complexity index is 2580. The highest BCUT2D eigenvalue weighted by Gasteiger charge is 2.65. The number of carbonyl (C=O) groups excluding carboxylic acids is 2. The van der Waals surface area contributed by atoms with Crippen LogP contribution in [-0.2, 0) is 27.5 Å². The Morgan fingerprint density at radius 1 is 0.972 bits per heavy atom. The SMILES string of the molecule is C=CCOC12Oc3ccc(OC(=O)Nc4ccc(OC)cc4OC)cc3C3C(CCCCO)C(CCCCO)C=C(C(=NOCc4ccc([N+](=O)[O-])cc4)CC1N(Cc1ccc(F)cc1)C(=O)OCCCl)C32. The molecule has 6 atom stereocenters. The number of amides is 2. The number of unbranched alkanes of at least 4 members (excludes halogenated alkanes) is 2. The molecule has 1 aliphatic heterocycles. The second kappa shape index (κ2) is 25.1. The highest BCUT2D eigenvalue weighted by Crippen LogP contribution is 2.62. The topological polar surface area (TPSA) is 210 Å². The number of nitro groups is 1. The van der Waals surface area contributed by atoms with E-state index in [1.165, 1.54) is 43.4 Å². The van der Waals surface area contributed by atoms with E-state index < -0.39 is 46.6 Å². The number of nitrogens with one attached hydrogen (secondary N) is 1. The molecule has 1 fully saturated rings. The van der Waals surface area contributed by atoms with Crippen molar-refractivity contribution in [2.45, 2.75) is 75.8 Å². The van der Waals surface area contributed by atoms with Crippen molar-refractivity contribution in [3.63, 3.8) is 0 Å². The van der Waals surface area contributed by atoms with E-state index in [9.17, 15) is 34.3 Å². The van der Waals surface area contributed by atoms with Crippen molar-refractivity contribution in [2.24, 2.45) is 22.9 Å². The Hall–Kier alpha value is -6.73. The second-order valence-electron chi connectivity index (χ2n) is 17.6. The predicted octanol–water partition coefficient (Wildman–Crippen LogP) is 10.1. The molecule has 3 N–H and O–H groups in total. The van der Waals surface area contributed by atoms with Crippen LogP contribution in [0, 0.1) is 33.7 Å². The summed E-state index contributed by atoms with van der Waals surface area (Å²) in [6.07, 6.45) is 5.89. The lowest BCUT2D eigenvalue weighted by atomic mass is 9.55. The molecule has 1 heterocycles. The molecule has 4 aromatic rings. The van der Waals surface area contributed by atoms with Crippen molar-refractivity contribution in [1.29, 1.82) is 0 Å². The van der Waals surface area contributed by atoms with E-state index in [0.717, 1.165) is 0 Å². The number of ether oxygens (including phenoxy) is 6. The third-order valence-electron chi connectivity index (χ3n) is 13.2. The molecule has 1 saturated carbocycles. The number of rotatable bonds is 24. The van der Waals surface area contributed by atoms with Crippen LogP contribution in [0.4, 0.5) is 25.4 Å². The van der Waals surface area contributed by atoms with E-state index in [0.29, 0.717) is 89.4 Å². The van der Waals surface area contributed by atoms with Crippen LogP contribution in [-0.4, -0.2) is 96.3 Å². The molecule has 0 bridgehead atoms. The number of oxime groups is 1. The Balaban J connectivity index is 1.41. The standard InChI is InChI=1S/C53H60ClFN4O13/c1-4-26-69-53-48(58(52(63)68-27-23-54)32-34-11-15-37(55)16-12-34)31-45(57-70-33-35-13-17-38(18-14-35)59(64)65)42-28-36(9-5-7-24-60)41(10-6-8-25-61)49(50(42)53)43-29-40(20-22-46(43)72-53)71-51(62)56-44-21-19-39(66-2)30-47(44)67-3/h4,11-22,28-30,36,41,48-50,60-61H,1,5-10,23-27,31-33H2,2-3H3,(H,56,62). The quantitative estimate of drug-likeness (QED) is 0.0196. The molecular weight excluding hydrogens is 955 g/mol. The van der Waals surface area contributed by atoms with Gasteiger partial charge in [0.15, 0.2) is 0 Å². The fourth-order valence-electron chi connectivity index (χ4n) is 10.1. The molecule has 4 aromatic carbocycles. The number of alkyl halides is 1. The van der Waals surface area contributed by atoms with Gasteiger partial charge in [-0.2, -0.15) is 0 Å². The highest BCUT2D eigenvalue weighted by atomic mass is 35.5. The van der Waals surface area contributed by atoms with E-state index >= 15 is 0 Å². The highest BCUT2D eigenvalue weighted by molar-refractivity contribution is 6.18. The first-order valence-electron chi connectivity index (χ1n) is 23.9. The molecule has 0 spiro atoms. The monoisotopic (exact) mass is 1010 g/mol. The number of benzene rings is 4. The normalized spacial score (nSPS) is 21.2. The zero-order chi connectivity index (χ0) is 51.2. The smallest absolute Gasteiger partial charge is 0.417 e. The largest absolute Gasteiger partial charge is 0.497 e. The van der Waals surface area contributed by atoms with E-state index in [2.05, 4.69) is 18.0 Å². The number of fused-ring (bicyclic) bond motifs is 2. The van der Waals surface area contributed by atoms with E-state index in [1.807, 2.05) is 0 Å². The molecule has 19 heteroatoms. The van der Waals surface area contributed by atoms with Crippen LogP contribution in [0.5, 0.6) is 23.0 Å². The fraction of sp³-hybridized carbons (Fsp3) is 0.415. The van der Waals surface area contributed by atoms with Crippen LogP contribution in [0.25, 0.3) is 0 Å². The average Bonchev–Trinajstić information content (AvgIpc) is 3.38. The summed E-state index contributed by atoms with van der Waals surface area (Å²) in [4.78, 5) is 46.8. The Morgan fingerprint density at radius 2 is 1.69 bits per heavy atom. The summed E-state index contributed by atoms with van der Waals surface area (Å²) >= 11 is 6.08. The van der Waals surface area contributed by atoms with Crippen LogP contribution in [0.3, 0.4) is 0 Å². The van der Waals surface area contributed by atoms with Crippen molar-refractivity contribution in [3.8, 4) is 23.0 Å². The lowest BCUT2D eigenvalue weighted by molar-refractivity contribution is -0.384. The minimum Gasteiger partial charge on any atom is -0.497 e. The van der Waals surface area contributed by atoms with Crippen LogP contribution in [0.1, 0.15) is 67.6 Å². The van der Waals surface area contributed by atoms with Crippen LogP contribution >= 0.6 is 11.6 Å². The number of methoxy groups -OCH3 is 2. The Kier molecular flexibility index (Phi) is 18.5. The first kappa shape index (κ1) is 53.1. The fourth-order valence-corrected chi connectivity index (χ4v) is 10.1. The number of hydrogen-bond acceptors (Lipinski definition) is 14. The molecule has 6 unspecified atom stereocenters. The van der Waals surface area contributed by atoms with Crippen molar-refractivity contribution < 1.29 is 62.4 Å². The second-order valence-corrected chi connectivity index (χ2v) is 18.0. The van der Waals surface area contributed by atoms with Gasteiger partial charge < -0.3 is 43.5 Å². The van der Waals surface area contributed by atoms with E-state index in [4.69, 9.17) is 50.0 Å². The van der Waals surface area contributed by atoms with Crippen LogP contribution < -0.4 is 24.3 Å². The van der Waals surface area contributed by atoms with Crippen LogP contribution in [0.15, 0.2) is 114 Å². The maximum absolute atomic E-state index is 14.6. The minimum atomic E-state index is -1.70. The summed E-state index contributed by atoms with van der Waals surface area (Å²) in [6.45, 7) is 3.65. The molecule has 3 aliphatic rings. The van der Waals surface area contributed by atoms with Gasteiger partial charge in [-0.05, 0) is 109 Å². The number of carbonyl (C=O) groups is 2. The van der Waals surface area contributed by atoms with Gasteiger partial charge in [-0.1, -0.05) is 42.3 Å². The maximum Gasteiger partial charge on any atom is 0.417 e. The molecule has 17 nitrogen and oxygen atoms in total. The number of nitrogens with zero attached hydrogens (tertiary/aromatic N) is 3. The first-order valence-corrected chi connectivity index (χ1v) is 24.4. The predicted molar refractivity (Wildman–Crippen MR) is 266 cm³/mol. The number of non-ortho nitro benzene ring substituents is 1. The van der Waals surface area contributed by atoms with Crippen molar-refractivity contribution in [1.82, 2.24) is 4.90 Å². The van der Waals surface area contributed by atoms with Gasteiger partial charge in [-0.3, -0.25) is 20.3 Å². The minimum absolute atomic E-state index is 0.000550. The summed E-state index contributed by atoms with van der Waals surface area (Å²) in [7, 11) is 2.99. The summed E-state index contributed by atoms with van der Waals surface area (Å²) in [6, 6.07) is 20.6. The molecule has 0 aromatic heterocycles. The average molecular weight is 1020 g/mol. The Labute approximate surface area is 422 Å². The number of allylic oxidation sites excluding steroid dienone is 1. The number of hydrogen-bond donors (Lipinski definition) is 3. The van der Waals surface area contributed by atoms with Gasteiger partial charge in [0, 0.05) is 55.9 Å². The van der Waals surface area contributed by atoms with Gasteiger partial charge in [0.25, 0.3) is 5.69 Å². The third-order valence-corrected chi connectivity index (χ3v) is 13.4. The zero-order valence-electron chi connectivity index (χ0n) is 40.2. The molecule has 2 aliphatic carbocycles. The van der Waals surface area contributed by atoms with Gasteiger partial charge in [0.1, 0.15) is 48.1 Å². The summed E-state index contributed by atoms with van der Waals surface area (Å²) < 4.78 is 51.3. The van der Waals surface area contributed by atoms with Gasteiger partial charge >= 0.3 is 12.2 Å². The number of aliphatic hydroxyl groups is 2. The summed E-state index contributed by atoms with van der Waals surface area (Å²) in [5.74, 6) is -2.28. The molecule has 7 rings (SSSR count). The van der Waals surface area contributed by atoms with Gasteiger partial charge in [0.2, 0.25) is 5.79 Å². The van der Waals surface area contributed by atoms with Crippen LogP contribution in [0.2, 0.25) is 0 Å². The van der Waals surface area contributed by atoms with Gasteiger partial charge in [-0.15, -0.1) is 18.2 Å². The Morgan fingerprint density at radius 3 is 2.38 bits per heavy atom. The van der Waals surface area contributed by atoms with Gasteiger partial charge in [0.05, 0.1) is 48.9 Å². The lowest BCUT2D eigenvalue weighted by Crippen LogP contribution is -2.70. The van der Waals surface area contributed by atoms with Gasteiger partial charge in [-0.25, -0.2) is 14.0 Å². The molecule has 0 radical (unpaired) electrons. The first-order chi connectivity index (χ1) is 35.0. The molecular formula is C53H60ClFN4O13. The number of anilines is 1. The lowest BCUT2D eigenvalue weighted by Gasteiger charge is -2.59. The van der Waals surface area contributed by atoms with Crippen molar-refractivity contribution >= 4 is 40.9 Å². The number of aliphatic hydroxyl groups excluding tert-OH is 2. The molecule has 384 valence electrons. The summed E-state index contributed by atoms with van der Waals surface area (Å²) in [5, 5.41) is 39.0. The number of nitro benzene ring substituents is 1. The number of halogens is 2. The van der Waals surface area contributed by atoms with E-state index in [-0.39, 0.29) is 75.2 Å².